The maximum Gasteiger partial charge on any atom is 0.258 e. The molecule has 0 radical (unpaired) electrons. The molecule has 0 saturated heterocycles. The minimum absolute atomic E-state index is 0.168. The Morgan fingerprint density at radius 3 is 2.20 bits per heavy atom. The monoisotopic (exact) mass is 490 g/mol. The quantitative estimate of drug-likeness (QED) is 0.436. The molecular weight excluding hydrogens is 460 g/mol. The zero-order valence-corrected chi connectivity index (χ0v) is 21.0. The van der Waals surface area contributed by atoms with Gasteiger partial charge in [-0.3, -0.25) is 9.10 Å². The molecule has 35 heavy (non-hydrogen) atoms. The summed E-state index contributed by atoms with van der Waals surface area (Å²) in [6.45, 7) is 1.20. The number of hydrogen-bond donors (Lipinski definition) is 2. The van der Waals surface area contributed by atoms with Crippen molar-refractivity contribution in [2.45, 2.75) is 6.42 Å². The molecule has 3 aromatic carbocycles. The van der Waals surface area contributed by atoms with E-state index in [0.29, 0.717) is 23.5 Å². The molecular formula is C27H30N4O3S. The molecule has 7 nitrogen and oxygen atoms in total. The SMILES string of the molecule is CN(C)CCCN(c1ccc(N/C(=C2\C(=O)Nc3ccccc32)c2ccccc2)cc1)S(C)(=O)=O. The van der Waals surface area contributed by atoms with Crippen LogP contribution < -0.4 is 14.9 Å². The highest BCUT2D eigenvalue weighted by atomic mass is 32.2. The van der Waals surface area contributed by atoms with Crippen LogP contribution in [0.15, 0.2) is 78.9 Å². The van der Waals surface area contributed by atoms with Crippen LogP contribution in [0.4, 0.5) is 17.1 Å². The molecule has 0 spiro atoms. The predicted molar refractivity (Wildman–Crippen MR) is 144 cm³/mol. The standard InChI is InChI=1S/C27H30N4O3S/c1-30(2)18-9-19-31(35(3,33)34)22-16-14-21(15-17-22)28-26(20-10-5-4-6-11-20)25-23-12-7-8-13-24(23)29-27(25)32/h4-8,10-17,28H,9,18-19H2,1-3H3,(H,29,32)/b26-25-. The van der Waals surface area contributed by atoms with Crippen LogP contribution in [-0.2, 0) is 14.8 Å². The average molecular weight is 491 g/mol. The molecule has 182 valence electrons. The number of carbonyl (C=O) groups excluding carboxylic acids is 1. The van der Waals surface area contributed by atoms with Crippen molar-refractivity contribution in [3.8, 4) is 0 Å². The van der Waals surface area contributed by atoms with Crippen LogP contribution >= 0.6 is 0 Å². The van der Waals surface area contributed by atoms with Gasteiger partial charge in [-0.2, -0.15) is 0 Å². The largest absolute Gasteiger partial charge is 0.354 e. The van der Waals surface area contributed by atoms with Crippen LogP contribution in [0.1, 0.15) is 17.5 Å². The van der Waals surface area contributed by atoms with E-state index >= 15 is 0 Å². The maximum absolute atomic E-state index is 13.0. The summed E-state index contributed by atoms with van der Waals surface area (Å²) in [7, 11) is 0.514. The highest BCUT2D eigenvalue weighted by molar-refractivity contribution is 7.92. The van der Waals surface area contributed by atoms with Crippen molar-refractivity contribution in [2.24, 2.45) is 0 Å². The zero-order chi connectivity index (χ0) is 25.0. The van der Waals surface area contributed by atoms with Gasteiger partial charge < -0.3 is 15.5 Å². The fraction of sp³-hybridized carbons (Fsp3) is 0.222. The van der Waals surface area contributed by atoms with E-state index in [9.17, 15) is 13.2 Å². The fourth-order valence-electron chi connectivity index (χ4n) is 4.12. The Balaban J connectivity index is 1.67. The number of rotatable bonds is 9. The highest BCUT2D eigenvalue weighted by Gasteiger charge is 2.28. The number of anilines is 3. The molecule has 0 fully saturated rings. The molecule has 2 N–H and O–H groups in total. The van der Waals surface area contributed by atoms with E-state index in [4.69, 9.17) is 0 Å². The van der Waals surface area contributed by atoms with E-state index in [1.54, 1.807) is 12.1 Å². The second kappa shape index (κ2) is 10.3. The molecule has 1 aliphatic heterocycles. The number of hydrogen-bond acceptors (Lipinski definition) is 5. The van der Waals surface area contributed by atoms with Gasteiger partial charge in [-0.1, -0.05) is 48.5 Å². The number of amides is 1. The molecule has 0 atom stereocenters. The second-order valence-electron chi connectivity index (χ2n) is 8.78. The van der Waals surface area contributed by atoms with Crippen molar-refractivity contribution < 1.29 is 13.2 Å². The van der Waals surface area contributed by atoms with Gasteiger partial charge in [0.1, 0.15) is 0 Å². The molecule has 1 aliphatic rings. The summed E-state index contributed by atoms with van der Waals surface area (Å²) in [5.41, 5.74) is 5.10. The lowest BCUT2D eigenvalue weighted by atomic mass is 10.00. The number of para-hydroxylation sites is 1. The van der Waals surface area contributed by atoms with Crippen molar-refractivity contribution in [2.75, 3.05) is 48.4 Å². The number of benzene rings is 3. The van der Waals surface area contributed by atoms with Crippen molar-refractivity contribution in [3.63, 3.8) is 0 Å². The van der Waals surface area contributed by atoms with Gasteiger partial charge in [0.05, 0.1) is 23.2 Å². The van der Waals surface area contributed by atoms with Gasteiger partial charge >= 0.3 is 0 Å². The Bertz CT molecular complexity index is 1330. The van der Waals surface area contributed by atoms with Crippen molar-refractivity contribution in [1.29, 1.82) is 0 Å². The molecule has 0 aliphatic carbocycles. The minimum Gasteiger partial charge on any atom is -0.354 e. The van der Waals surface area contributed by atoms with Crippen LogP contribution in [0, 0.1) is 0 Å². The Hall–Kier alpha value is -3.62. The summed E-state index contributed by atoms with van der Waals surface area (Å²) >= 11 is 0. The first-order chi connectivity index (χ1) is 16.7. The van der Waals surface area contributed by atoms with E-state index in [2.05, 4.69) is 10.6 Å². The van der Waals surface area contributed by atoms with Gasteiger partial charge in [0.15, 0.2) is 0 Å². The third-order valence-corrected chi connectivity index (χ3v) is 6.97. The number of carbonyl (C=O) groups is 1. The van der Waals surface area contributed by atoms with Gasteiger partial charge in [0, 0.05) is 23.5 Å². The van der Waals surface area contributed by atoms with Crippen LogP contribution in [-0.4, -0.2) is 52.7 Å². The molecule has 4 rings (SSSR count). The Labute approximate surface area is 207 Å². The summed E-state index contributed by atoms with van der Waals surface area (Å²) in [6, 6.07) is 24.5. The first kappa shape index (κ1) is 24.5. The zero-order valence-electron chi connectivity index (χ0n) is 20.2. The van der Waals surface area contributed by atoms with E-state index < -0.39 is 10.0 Å². The van der Waals surface area contributed by atoms with E-state index in [-0.39, 0.29) is 5.91 Å². The Morgan fingerprint density at radius 1 is 0.886 bits per heavy atom. The van der Waals surface area contributed by atoms with Crippen molar-refractivity contribution in [1.82, 2.24) is 4.90 Å². The molecule has 1 heterocycles. The summed E-state index contributed by atoms with van der Waals surface area (Å²) in [5, 5.41) is 6.35. The van der Waals surface area contributed by atoms with Gasteiger partial charge in [-0.05, 0) is 63.0 Å². The normalized spacial score (nSPS) is 14.5. The van der Waals surface area contributed by atoms with Gasteiger partial charge in [0.25, 0.3) is 5.91 Å². The smallest absolute Gasteiger partial charge is 0.258 e. The molecule has 0 saturated carbocycles. The minimum atomic E-state index is -3.42. The molecule has 1 amide bonds. The van der Waals surface area contributed by atoms with Gasteiger partial charge in [0.2, 0.25) is 10.0 Å². The fourth-order valence-corrected chi connectivity index (χ4v) is 5.09. The maximum atomic E-state index is 13.0. The Morgan fingerprint density at radius 2 is 1.54 bits per heavy atom. The van der Waals surface area contributed by atoms with Gasteiger partial charge in [-0.15, -0.1) is 0 Å². The first-order valence-electron chi connectivity index (χ1n) is 11.4. The number of nitrogens with zero attached hydrogens (tertiary/aromatic N) is 2. The van der Waals surface area contributed by atoms with Crippen molar-refractivity contribution >= 4 is 44.3 Å². The van der Waals surface area contributed by atoms with Crippen LogP contribution in [0.25, 0.3) is 11.3 Å². The second-order valence-corrected chi connectivity index (χ2v) is 10.7. The predicted octanol–water partition coefficient (Wildman–Crippen LogP) is 4.34. The van der Waals surface area contributed by atoms with Crippen molar-refractivity contribution in [3.05, 3.63) is 90.0 Å². The first-order valence-corrected chi connectivity index (χ1v) is 13.3. The summed E-state index contributed by atoms with van der Waals surface area (Å²) < 4.78 is 26.3. The number of sulfonamides is 1. The average Bonchev–Trinajstić information content (AvgIpc) is 3.16. The number of fused-ring (bicyclic) bond motifs is 1. The molecule has 8 heteroatoms. The number of nitrogens with one attached hydrogen (secondary N) is 2. The summed E-state index contributed by atoms with van der Waals surface area (Å²) in [6.07, 6.45) is 1.95. The lowest BCUT2D eigenvalue weighted by Gasteiger charge is -2.23. The third kappa shape index (κ3) is 5.72. The van der Waals surface area contributed by atoms with E-state index in [0.717, 1.165) is 35.5 Å². The highest BCUT2D eigenvalue weighted by Crippen LogP contribution is 2.37. The molecule has 0 bridgehead atoms. The lowest BCUT2D eigenvalue weighted by molar-refractivity contribution is -0.110. The molecule has 0 aromatic heterocycles. The van der Waals surface area contributed by atoms with E-state index in [1.165, 1.54) is 10.6 Å². The van der Waals surface area contributed by atoms with Crippen LogP contribution in [0.3, 0.4) is 0 Å². The van der Waals surface area contributed by atoms with Gasteiger partial charge in [-0.25, -0.2) is 8.42 Å². The molecule has 3 aromatic rings. The third-order valence-electron chi connectivity index (χ3n) is 5.78. The van der Waals surface area contributed by atoms with E-state index in [1.807, 2.05) is 85.7 Å². The van der Waals surface area contributed by atoms with Crippen LogP contribution in [0.2, 0.25) is 0 Å². The molecule has 0 unspecified atom stereocenters. The summed E-state index contributed by atoms with van der Waals surface area (Å²) in [5.74, 6) is -0.168. The lowest BCUT2D eigenvalue weighted by Crippen LogP contribution is -2.32. The summed E-state index contributed by atoms with van der Waals surface area (Å²) in [4.78, 5) is 15.0. The van der Waals surface area contributed by atoms with Crippen LogP contribution in [0.5, 0.6) is 0 Å². The Kier molecular flexibility index (Phi) is 7.23. The topological polar surface area (TPSA) is 81.8 Å².